The summed E-state index contributed by atoms with van der Waals surface area (Å²) in [5, 5.41) is 9.32. The maximum atomic E-state index is 15.1. The highest BCUT2D eigenvalue weighted by atomic mass is 19.1. The van der Waals surface area contributed by atoms with E-state index < -0.39 is 29.5 Å². The summed E-state index contributed by atoms with van der Waals surface area (Å²) in [6, 6.07) is 12.6. The van der Waals surface area contributed by atoms with Crippen LogP contribution in [0.1, 0.15) is 60.0 Å². The number of ether oxygens (including phenoxy) is 1. The van der Waals surface area contributed by atoms with Crippen molar-refractivity contribution in [1.29, 1.82) is 0 Å². The average Bonchev–Trinajstić information content (AvgIpc) is 3.64. The normalized spacial score (nSPS) is 18.2. The second-order valence-corrected chi connectivity index (χ2v) is 9.37. The molecule has 2 aliphatic rings. The lowest BCUT2D eigenvalue weighted by atomic mass is 9.88. The maximum absolute atomic E-state index is 15.1. The number of carboxylic acids is 1. The Morgan fingerprint density at radius 3 is 2.50 bits per heavy atom. The Morgan fingerprint density at radius 1 is 1.00 bits per heavy atom. The van der Waals surface area contributed by atoms with E-state index >= 15 is 4.39 Å². The molecule has 1 fully saturated rings. The van der Waals surface area contributed by atoms with Gasteiger partial charge in [-0.1, -0.05) is 24.3 Å². The molecule has 0 amide bonds. The standard InChI is InChI=1S/C28H25F3O3/c1-15-10-22(25(31)14-23(15)29)18-6-8-20(24(30)11-18)26-9-7-17-4-5-19(12-27(17)34-26)21(13-28(32)33)16-2-3-16/h4-6,8,10-12,14,16,21,26H,2-3,7,9,13H2,1H3,(H,32,33). The monoisotopic (exact) mass is 466 g/mol. The Kier molecular flexibility index (Phi) is 5.84. The van der Waals surface area contributed by atoms with Crippen LogP contribution in [0.3, 0.4) is 0 Å². The summed E-state index contributed by atoms with van der Waals surface area (Å²) in [5.74, 6) is -1.70. The van der Waals surface area contributed by atoms with Crippen molar-refractivity contribution in [2.75, 3.05) is 0 Å². The van der Waals surface area contributed by atoms with Gasteiger partial charge in [0.15, 0.2) is 0 Å². The summed E-state index contributed by atoms with van der Waals surface area (Å²) in [6.45, 7) is 1.54. The van der Waals surface area contributed by atoms with Crippen molar-refractivity contribution >= 4 is 5.97 Å². The Labute approximate surface area is 196 Å². The molecule has 3 nitrogen and oxygen atoms in total. The minimum Gasteiger partial charge on any atom is -0.485 e. The van der Waals surface area contributed by atoms with Gasteiger partial charge in [-0.15, -0.1) is 0 Å². The lowest BCUT2D eigenvalue weighted by Crippen LogP contribution is -2.17. The van der Waals surface area contributed by atoms with Gasteiger partial charge in [0.05, 0.1) is 6.42 Å². The molecule has 6 heteroatoms. The van der Waals surface area contributed by atoms with E-state index in [9.17, 15) is 18.7 Å². The van der Waals surface area contributed by atoms with Gasteiger partial charge < -0.3 is 9.84 Å². The van der Waals surface area contributed by atoms with Crippen molar-refractivity contribution in [3.05, 3.63) is 88.2 Å². The quantitative estimate of drug-likeness (QED) is 0.421. The zero-order valence-corrected chi connectivity index (χ0v) is 18.8. The van der Waals surface area contributed by atoms with Crippen LogP contribution >= 0.6 is 0 Å². The minimum atomic E-state index is -0.816. The molecule has 5 rings (SSSR count). The number of carbonyl (C=O) groups is 1. The fraction of sp³-hybridized carbons (Fsp3) is 0.321. The highest BCUT2D eigenvalue weighted by Crippen LogP contribution is 2.46. The van der Waals surface area contributed by atoms with Crippen LogP contribution in [0.15, 0.2) is 48.5 Å². The van der Waals surface area contributed by atoms with Crippen LogP contribution in [0, 0.1) is 30.3 Å². The van der Waals surface area contributed by atoms with E-state index in [1.165, 1.54) is 19.1 Å². The molecule has 0 aromatic heterocycles. The average molecular weight is 466 g/mol. The van der Waals surface area contributed by atoms with Gasteiger partial charge >= 0.3 is 5.97 Å². The van der Waals surface area contributed by atoms with Crippen LogP contribution in [-0.4, -0.2) is 11.1 Å². The van der Waals surface area contributed by atoms with E-state index in [1.54, 1.807) is 12.1 Å². The smallest absolute Gasteiger partial charge is 0.303 e. The molecular formula is C28H25F3O3. The van der Waals surface area contributed by atoms with Gasteiger partial charge in [-0.2, -0.15) is 0 Å². The maximum Gasteiger partial charge on any atom is 0.303 e. The third-order valence-electron chi connectivity index (χ3n) is 6.96. The Hall–Kier alpha value is -3.28. The van der Waals surface area contributed by atoms with Gasteiger partial charge in [-0.25, -0.2) is 13.2 Å². The molecule has 0 bridgehead atoms. The fourth-order valence-corrected chi connectivity index (χ4v) is 4.91. The number of aliphatic carboxylic acids is 1. The number of carboxylic acid groups (broad SMARTS) is 1. The van der Waals surface area contributed by atoms with E-state index in [1.807, 2.05) is 18.2 Å². The first-order chi connectivity index (χ1) is 16.3. The topological polar surface area (TPSA) is 46.5 Å². The van der Waals surface area contributed by atoms with Gasteiger partial charge in [0, 0.05) is 17.2 Å². The third-order valence-corrected chi connectivity index (χ3v) is 6.96. The molecule has 1 aliphatic carbocycles. The SMILES string of the molecule is Cc1cc(-c2ccc(C3CCc4ccc(C(CC(=O)O)C5CC5)cc4O3)c(F)c2)c(F)cc1F. The molecule has 1 heterocycles. The van der Waals surface area contributed by atoms with Crippen LogP contribution in [0.2, 0.25) is 0 Å². The number of fused-ring (bicyclic) bond motifs is 1. The van der Waals surface area contributed by atoms with Crippen molar-refractivity contribution in [1.82, 2.24) is 0 Å². The molecule has 3 aromatic rings. The first-order valence-corrected chi connectivity index (χ1v) is 11.6. The minimum absolute atomic E-state index is 0.0446. The Morgan fingerprint density at radius 2 is 1.79 bits per heavy atom. The van der Waals surface area contributed by atoms with Gasteiger partial charge in [-0.3, -0.25) is 4.79 Å². The van der Waals surface area contributed by atoms with Gasteiger partial charge in [0.25, 0.3) is 0 Å². The van der Waals surface area contributed by atoms with Crippen molar-refractivity contribution in [2.45, 2.75) is 51.0 Å². The third kappa shape index (κ3) is 4.41. The van der Waals surface area contributed by atoms with Crippen LogP contribution in [-0.2, 0) is 11.2 Å². The highest BCUT2D eigenvalue weighted by molar-refractivity contribution is 5.68. The first kappa shape index (κ1) is 22.5. The molecule has 3 aromatic carbocycles. The lowest BCUT2D eigenvalue weighted by molar-refractivity contribution is -0.137. The van der Waals surface area contributed by atoms with E-state index in [0.29, 0.717) is 35.6 Å². The lowest BCUT2D eigenvalue weighted by Gasteiger charge is -2.28. The predicted molar refractivity (Wildman–Crippen MR) is 122 cm³/mol. The summed E-state index contributed by atoms with van der Waals surface area (Å²) in [6.07, 6.45) is 2.95. The zero-order valence-electron chi connectivity index (χ0n) is 18.8. The van der Waals surface area contributed by atoms with Gasteiger partial charge in [-0.05, 0) is 84.9 Å². The summed E-state index contributed by atoms with van der Waals surface area (Å²) < 4.78 is 49.2. The van der Waals surface area contributed by atoms with Crippen LogP contribution in [0.25, 0.3) is 11.1 Å². The zero-order chi connectivity index (χ0) is 24.0. The van der Waals surface area contributed by atoms with E-state index in [2.05, 4.69) is 0 Å². The molecule has 0 spiro atoms. The molecule has 1 saturated carbocycles. The number of aryl methyl sites for hydroxylation is 2. The highest BCUT2D eigenvalue weighted by Gasteiger charge is 2.34. The number of benzene rings is 3. The molecule has 176 valence electrons. The largest absolute Gasteiger partial charge is 0.485 e. The molecule has 34 heavy (non-hydrogen) atoms. The van der Waals surface area contributed by atoms with E-state index in [4.69, 9.17) is 4.74 Å². The van der Waals surface area contributed by atoms with Gasteiger partial charge in [0.2, 0.25) is 0 Å². The number of halogens is 3. The fourth-order valence-electron chi connectivity index (χ4n) is 4.91. The molecular weight excluding hydrogens is 441 g/mol. The first-order valence-electron chi connectivity index (χ1n) is 11.6. The predicted octanol–water partition coefficient (Wildman–Crippen LogP) is 7.11. The van der Waals surface area contributed by atoms with E-state index in [-0.39, 0.29) is 23.5 Å². The van der Waals surface area contributed by atoms with Crippen molar-refractivity contribution in [3.8, 4) is 16.9 Å². The summed E-state index contributed by atoms with van der Waals surface area (Å²) >= 11 is 0. The molecule has 0 radical (unpaired) electrons. The Bertz CT molecular complexity index is 1270. The summed E-state index contributed by atoms with van der Waals surface area (Å²) in [4.78, 5) is 11.3. The second-order valence-electron chi connectivity index (χ2n) is 9.37. The Balaban J connectivity index is 1.40. The van der Waals surface area contributed by atoms with Crippen molar-refractivity contribution < 1.29 is 27.8 Å². The molecule has 1 aliphatic heterocycles. The van der Waals surface area contributed by atoms with Crippen molar-refractivity contribution in [2.24, 2.45) is 5.92 Å². The van der Waals surface area contributed by atoms with Gasteiger partial charge in [0.1, 0.15) is 29.3 Å². The van der Waals surface area contributed by atoms with Crippen molar-refractivity contribution in [3.63, 3.8) is 0 Å². The number of hydrogen-bond acceptors (Lipinski definition) is 2. The number of rotatable bonds is 6. The summed E-state index contributed by atoms with van der Waals surface area (Å²) in [5.41, 5.74) is 3.11. The summed E-state index contributed by atoms with van der Waals surface area (Å²) in [7, 11) is 0. The second kappa shape index (κ2) is 8.82. The molecule has 2 atom stereocenters. The number of hydrogen-bond donors (Lipinski definition) is 1. The molecule has 0 saturated heterocycles. The molecule has 2 unspecified atom stereocenters. The van der Waals surface area contributed by atoms with Crippen LogP contribution in [0.4, 0.5) is 13.2 Å². The van der Waals surface area contributed by atoms with Crippen LogP contribution < -0.4 is 4.74 Å². The van der Waals surface area contributed by atoms with Crippen LogP contribution in [0.5, 0.6) is 5.75 Å². The van der Waals surface area contributed by atoms with E-state index in [0.717, 1.165) is 30.0 Å². The molecule has 1 N–H and O–H groups in total.